The van der Waals surface area contributed by atoms with E-state index >= 15 is 0 Å². The predicted octanol–water partition coefficient (Wildman–Crippen LogP) is 3.28. The molecule has 5 heteroatoms. The summed E-state index contributed by atoms with van der Waals surface area (Å²) in [5.74, 6) is 0.828. The summed E-state index contributed by atoms with van der Waals surface area (Å²) in [7, 11) is 1.65. The van der Waals surface area contributed by atoms with Crippen molar-refractivity contribution in [3.05, 3.63) is 29.3 Å². The lowest BCUT2D eigenvalue weighted by atomic mass is 10.1. The largest absolute Gasteiger partial charge is 0.491 e. The SMILES string of the molecule is CCc1ccc(C(=S)OBr)cc1OCCOC. The van der Waals surface area contributed by atoms with Crippen molar-refractivity contribution in [2.45, 2.75) is 13.3 Å². The maximum absolute atomic E-state index is 5.65. The highest BCUT2D eigenvalue weighted by Gasteiger charge is 2.08. The van der Waals surface area contributed by atoms with E-state index in [4.69, 9.17) is 25.5 Å². The summed E-state index contributed by atoms with van der Waals surface area (Å²) in [6.07, 6.45) is 0.907. The van der Waals surface area contributed by atoms with Gasteiger partial charge in [-0.2, -0.15) is 0 Å². The molecule has 0 fully saturated rings. The minimum absolute atomic E-state index is 0.393. The molecule has 0 unspecified atom stereocenters. The number of hydrogen-bond acceptors (Lipinski definition) is 4. The molecule has 1 rings (SSSR count). The number of halogens is 1. The Kier molecular flexibility index (Phi) is 6.47. The molecule has 0 heterocycles. The van der Waals surface area contributed by atoms with Crippen LogP contribution in [-0.2, 0) is 15.0 Å². The maximum Gasteiger partial charge on any atom is 0.207 e. The van der Waals surface area contributed by atoms with Crippen molar-refractivity contribution in [1.29, 1.82) is 0 Å². The average molecular weight is 319 g/mol. The molecule has 0 aromatic heterocycles. The Balaban J connectivity index is 2.86. The Labute approximate surface area is 116 Å². The Morgan fingerprint density at radius 1 is 1.35 bits per heavy atom. The van der Waals surface area contributed by atoms with Gasteiger partial charge in [-0.25, -0.2) is 0 Å². The molecule has 1 aromatic rings. The van der Waals surface area contributed by atoms with Crippen molar-refractivity contribution in [3.8, 4) is 5.75 Å². The van der Waals surface area contributed by atoms with E-state index in [1.165, 1.54) is 0 Å². The zero-order chi connectivity index (χ0) is 12.7. The van der Waals surface area contributed by atoms with Crippen LogP contribution >= 0.6 is 28.5 Å². The fourth-order valence-electron chi connectivity index (χ4n) is 1.39. The van der Waals surface area contributed by atoms with Crippen LogP contribution in [0.5, 0.6) is 5.75 Å². The highest BCUT2D eigenvalue weighted by atomic mass is 79.9. The molecule has 0 aliphatic rings. The molecule has 0 bridgehead atoms. The molecule has 0 saturated carbocycles. The Morgan fingerprint density at radius 2 is 2.12 bits per heavy atom. The van der Waals surface area contributed by atoms with E-state index in [1.54, 1.807) is 7.11 Å². The van der Waals surface area contributed by atoms with Crippen molar-refractivity contribution >= 4 is 33.5 Å². The number of benzene rings is 1. The van der Waals surface area contributed by atoms with Gasteiger partial charge >= 0.3 is 0 Å². The van der Waals surface area contributed by atoms with E-state index in [0.717, 1.165) is 23.3 Å². The minimum Gasteiger partial charge on any atom is -0.491 e. The summed E-state index contributed by atoms with van der Waals surface area (Å²) in [6.45, 7) is 3.17. The summed E-state index contributed by atoms with van der Waals surface area (Å²) in [5, 5.41) is 0.393. The van der Waals surface area contributed by atoms with Crippen LogP contribution in [0.4, 0.5) is 0 Å². The number of ether oxygens (including phenoxy) is 2. The van der Waals surface area contributed by atoms with Gasteiger partial charge in [0, 0.05) is 12.7 Å². The third-order valence-electron chi connectivity index (χ3n) is 2.30. The molecule has 0 amide bonds. The van der Waals surface area contributed by atoms with E-state index in [2.05, 4.69) is 23.2 Å². The van der Waals surface area contributed by atoms with E-state index in [1.807, 2.05) is 18.2 Å². The average Bonchev–Trinajstić information content (AvgIpc) is 2.38. The van der Waals surface area contributed by atoms with Crippen LogP contribution in [-0.4, -0.2) is 25.4 Å². The lowest BCUT2D eigenvalue weighted by Crippen LogP contribution is -2.07. The lowest BCUT2D eigenvalue weighted by Gasteiger charge is -2.11. The molecule has 0 saturated heterocycles. The summed E-state index contributed by atoms with van der Waals surface area (Å²) >= 11 is 7.92. The first-order chi connectivity index (χ1) is 8.22. The Hall–Kier alpha value is -0.650. The van der Waals surface area contributed by atoms with E-state index in [0.29, 0.717) is 18.3 Å². The predicted molar refractivity (Wildman–Crippen MR) is 74.9 cm³/mol. The Morgan fingerprint density at radius 3 is 2.71 bits per heavy atom. The quantitative estimate of drug-likeness (QED) is 0.594. The van der Waals surface area contributed by atoms with E-state index in [9.17, 15) is 0 Å². The molecule has 17 heavy (non-hydrogen) atoms. The first-order valence-electron chi connectivity index (χ1n) is 5.30. The summed E-state index contributed by atoms with van der Waals surface area (Å²) in [5.41, 5.74) is 1.96. The third-order valence-corrected chi connectivity index (χ3v) is 3.16. The van der Waals surface area contributed by atoms with Crippen molar-refractivity contribution in [1.82, 2.24) is 0 Å². The number of hydrogen-bond donors (Lipinski definition) is 0. The van der Waals surface area contributed by atoms with Crippen LogP contribution < -0.4 is 4.74 Å². The van der Waals surface area contributed by atoms with Gasteiger partial charge in [0.1, 0.15) is 12.4 Å². The van der Waals surface area contributed by atoms with Gasteiger partial charge in [-0.3, -0.25) is 0 Å². The fraction of sp³-hybridized carbons (Fsp3) is 0.417. The number of aryl methyl sites for hydroxylation is 1. The van der Waals surface area contributed by atoms with E-state index < -0.39 is 0 Å². The zero-order valence-corrected chi connectivity index (χ0v) is 12.3. The van der Waals surface area contributed by atoms with Gasteiger partial charge < -0.3 is 13.3 Å². The molecule has 3 nitrogen and oxygen atoms in total. The maximum atomic E-state index is 5.65. The van der Waals surface area contributed by atoms with Gasteiger partial charge in [-0.05, 0) is 36.3 Å². The van der Waals surface area contributed by atoms with Gasteiger partial charge in [-0.15, -0.1) is 0 Å². The van der Waals surface area contributed by atoms with Gasteiger partial charge in [0.2, 0.25) is 5.05 Å². The molecule has 94 valence electrons. The number of methoxy groups -OCH3 is 1. The van der Waals surface area contributed by atoms with Crippen LogP contribution in [0.3, 0.4) is 0 Å². The molecule has 0 radical (unpaired) electrons. The first kappa shape index (κ1) is 14.4. The smallest absolute Gasteiger partial charge is 0.207 e. The zero-order valence-electron chi connectivity index (χ0n) is 9.86. The minimum atomic E-state index is 0.393. The van der Waals surface area contributed by atoms with Crippen LogP contribution in [0, 0.1) is 0 Å². The highest BCUT2D eigenvalue weighted by Crippen LogP contribution is 2.22. The van der Waals surface area contributed by atoms with Crippen LogP contribution in [0.2, 0.25) is 0 Å². The monoisotopic (exact) mass is 318 g/mol. The highest BCUT2D eigenvalue weighted by molar-refractivity contribution is 9.06. The molecule has 1 aromatic carbocycles. The normalized spacial score (nSPS) is 10.1. The topological polar surface area (TPSA) is 27.7 Å². The molecule has 0 N–H and O–H groups in total. The van der Waals surface area contributed by atoms with Gasteiger partial charge in [0.15, 0.2) is 16.3 Å². The number of thiocarbonyl (C=S) groups is 1. The summed E-state index contributed by atoms with van der Waals surface area (Å²) in [6, 6.07) is 5.81. The number of rotatable bonds is 6. The summed E-state index contributed by atoms with van der Waals surface area (Å²) in [4.78, 5) is 0. The van der Waals surface area contributed by atoms with Crippen molar-refractivity contribution < 1.29 is 13.3 Å². The standard InChI is InChI=1S/C12H15BrO3S/c1-3-9-4-5-10(12(17)16-13)8-11(9)15-7-6-14-2/h4-5,8H,3,6-7H2,1-2H3. The molecular weight excluding hydrogens is 304 g/mol. The second-order valence-electron chi connectivity index (χ2n) is 3.38. The van der Waals surface area contributed by atoms with Crippen LogP contribution in [0.1, 0.15) is 18.1 Å². The van der Waals surface area contributed by atoms with E-state index in [-0.39, 0.29) is 0 Å². The second-order valence-corrected chi connectivity index (χ2v) is 4.08. The van der Waals surface area contributed by atoms with Gasteiger partial charge in [0.05, 0.1) is 6.61 Å². The van der Waals surface area contributed by atoms with Gasteiger partial charge in [0.25, 0.3) is 0 Å². The Bertz CT molecular complexity index is 382. The fourth-order valence-corrected chi connectivity index (χ4v) is 1.70. The molecule has 0 spiro atoms. The van der Waals surface area contributed by atoms with Crippen molar-refractivity contribution in [3.63, 3.8) is 0 Å². The molecular formula is C12H15BrO3S. The van der Waals surface area contributed by atoms with Crippen molar-refractivity contribution in [2.75, 3.05) is 20.3 Å². The molecule has 0 aliphatic heterocycles. The summed E-state index contributed by atoms with van der Waals surface area (Å²) < 4.78 is 15.5. The first-order valence-corrected chi connectivity index (χ1v) is 6.36. The van der Waals surface area contributed by atoms with Crippen LogP contribution in [0.25, 0.3) is 0 Å². The van der Waals surface area contributed by atoms with Gasteiger partial charge in [-0.1, -0.05) is 13.0 Å². The third kappa shape index (κ3) is 4.26. The molecule has 0 aliphatic carbocycles. The van der Waals surface area contributed by atoms with Crippen LogP contribution in [0.15, 0.2) is 18.2 Å². The lowest BCUT2D eigenvalue weighted by molar-refractivity contribution is 0.146. The molecule has 0 atom stereocenters. The second kappa shape index (κ2) is 7.63. The van der Waals surface area contributed by atoms with Crippen molar-refractivity contribution in [2.24, 2.45) is 0 Å².